The van der Waals surface area contributed by atoms with Gasteiger partial charge >= 0.3 is 0 Å². The van der Waals surface area contributed by atoms with Gasteiger partial charge in [-0.3, -0.25) is 9.59 Å². The molecule has 7 heteroatoms. The van der Waals surface area contributed by atoms with E-state index in [0.717, 1.165) is 36.8 Å². The summed E-state index contributed by atoms with van der Waals surface area (Å²) in [6.07, 6.45) is 7.12. The number of carbonyl (C=O) groups is 1. The molecule has 0 aromatic carbocycles. The molecule has 124 valence electrons. The van der Waals surface area contributed by atoms with Crippen molar-refractivity contribution < 1.29 is 13.2 Å². The molecule has 0 saturated heterocycles. The van der Waals surface area contributed by atoms with E-state index in [1.165, 1.54) is 18.6 Å². The van der Waals surface area contributed by atoms with Crippen LogP contribution in [0, 0.1) is 0 Å². The minimum Gasteiger partial charge on any atom is -0.345 e. The van der Waals surface area contributed by atoms with Crippen LogP contribution in [-0.2, 0) is 9.84 Å². The fourth-order valence-electron chi connectivity index (χ4n) is 3.23. The van der Waals surface area contributed by atoms with E-state index >= 15 is 0 Å². The SMILES string of the molecule is O=C(N[C@H]1C=CS(=O)(=O)C1)c1ccc(C2CCCCC2)[nH]c1=O. The Morgan fingerprint density at radius 2 is 1.91 bits per heavy atom. The zero-order valence-corrected chi connectivity index (χ0v) is 13.6. The number of H-pyrrole nitrogens is 1. The maximum atomic E-state index is 12.2. The highest BCUT2D eigenvalue weighted by Crippen LogP contribution is 2.30. The van der Waals surface area contributed by atoms with Crippen LogP contribution in [-0.4, -0.2) is 31.1 Å². The van der Waals surface area contributed by atoms with Crippen molar-refractivity contribution in [2.45, 2.75) is 44.1 Å². The predicted molar refractivity (Wildman–Crippen MR) is 87.1 cm³/mol. The molecular weight excluding hydrogens is 316 g/mol. The zero-order valence-electron chi connectivity index (χ0n) is 12.7. The Balaban J connectivity index is 1.71. The lowest BCUT2D eigenvalue weighted by atomic mass is 9.86. The van der Waals surface area contributed by atoms with Crippen LogP contribution in [0.4, 0.5) is 0 Å². The number of sulfone groups is 1. The summed E-state index contributed by atoms with van der Waals surface area (Å²) in [4.78, 5) is 27.1. The average molecular weight is 336 g/mol. The molecule has 2 N–H and O–H groups in total. The monoisotopic (exact) mass is 336 g/mol. The minimum absolute atomic E-state index is 0.0160. The second kappa shape index (κ2) is 6.31. The van der Waals surface area contributed by atoms with Gasteiger partial charge in [-0.15, -0.1) is 0 Å². The second-order valence-electron chi connectivity index (χ2n) is 6.23. The zero-order chi connectivity index (χ0) is 16.4. The van der Waals surface area contributed by atoms with Crippen LogP contribution < -0.4 is 10.9 Å². The number of amides is 1. The summed E-state index contributed by atoms with van der Waals surface area (Å²) in [6.45, 7) is 0. The number of rotatable bonds is 3. The van der Waals surface area contributed by atoms with Gasteiger partial charge in [0.25, 0.3) is 11.5 Å². The standard InChI is InChI=1S/C16H20N2O4S/c19-15(17-12-8-9-23(21,22)10-12)13-6-7-14(18-16(13)20)11-4-2-1-3-5-11/h6-9,11-12H,1-5,10H2,(H,17,19)(H,18,20)/t12-/m0/s1. The molecule has 23 heavy (non-hydrogen) atoms. The molecule has 1 aliphatic carbocycles. The molecule has 1 atom stereocenters. The Hall–Kier alpha value is -1.89. The summed E-state index contributed by atoms with van der Waals surface area (Å²) in [5.41, 5.74) is 0.479. The molecule has 1 saturated carbocycles. The first kappa shape index (κ1) is 16.0. The predicted octanol–water partition coefficient (Wildman–Crippen LogP) is 1.46. The first-order chi connectivity index (χ1) is 10.9. The van der Waals surface area contributed by atoms with E-state index < -0.39 is 27.3 Å². The third-order valence-electron chi connectivity index (χ3n) is 4.47. The summed E-state index contributed by atoms with van der Waals surface area (Å²) in [5, 5.41) is 3.66. The topological polar surface area (TPSA) is 96.1 Å². The van der Waals surface area contributed by atoms with Gasteiger partial charge in [-0.05, 0) is 37.0 Å². The van der Waals surface area contributed by atoms with Gasteiger partial charge in [0, 0.05) is 11.1 Å². The Labute approximate surface area is 134 Å². The van der Waals surface area contributed by atoms with Crippen LogP contribution in [0.2, 0.25) is 0 Å². The summed E-state index contributed by atoms with van der Waals surface area (Å²) >= 11 is 0. The molecule has 1 fully saturated rings. The van der Waals surface area contributed by atoms with Gasteiger partial charge in [0.1, 0.15) is 5.56 Å². The maximum absolute atomic E-state index is 12.2. The molecule has 3 rings (SSSR count). The first-order valence-corrected chi connectivity index (χ1v) is 9.61. The van der Waals surface area contributed by atoms with Crippen LogP contribution in [0.5, 0.6) is 0 Å². The summed E-state index contributed by atoms with van der Waals surface area (Å²) in [6, 6.07) is 2.75. The lowest BCUT2D eigenvalue weighted by molar-refractivity contribution is 0.0946. The highest BCUT2D eigenvalue weighted by molar-refractivity contribution is 7.94. The van der Waals surface area contributed by atoms with Gasteiger partial charge in [-0.2, -0.15) is 0 Å². The van der Waals surface area contributed by atoms with Crippen molar-refractivity contribution >= 4 is 15.7 Å². The van der Waals surface area contributed by atoms with E-state index in [2.05, 4.69) is 10.3 Å². The molecule has 0 bridgehead atoms. The molecule has 0 spiro atoms. The second-order valence-corrected chi connectivity index (χ2v) is 8.16. The van der Waals surface area contributed by atoms with Crippen LogP contribution in [0.1, 0.15) is 54.1 Å². The van der Waals surface area contributed by atoms with Gasteiger partial charge in [0.2, 0.25) is 0 Å². The highest BCUT2D eigenvalue weighted by Gasteiger charge is 2.24. The van der Waals surface area contributed by atoms with Crippen molar-refractivity contribution in [1.82, 2.24) is 10.3 Å². The largest absolute Gasteiger partial charge is 0.345 e. The third kappa shape index (κ3) is 3.72. The van der Waals surface area contributed by atoms with Crippen molar-refractivity contribution in [1.29, 1.82) is 0 Å². The molecule has 1 aliphatic heterocycles. The van der Waals surface area contributed by atoms with Crippen molar-refractivity contribution in [2.75, 3.05) is 5.75 Å². The summed E-state index contributed by atoms with van der Waals surface area (Å²) in [7, 11) is -3.24. The number of pyridine rings is 1. The van der Waals surface area contributed by atoms with Crippen molar-refractivity contribution in [3.63, 3.8) is 0 Å². The Bertz CT molecular complexity index is 789. The smallest absolute Gasteiger partial charge is 0.261 e. The molecule has 1 amide bonds. The third-order valence-corrected chi connectivity index (χ3v) is 5.86. The molecule has 1 aromatic heterocycles. The van der Waals surface area contributed by atoms with Gasteiger partial charge < -0.3 is 10.3 Å². The Morgan fingerprint density at radius 1 is 1.17 bits per heavy atom. The molecule has 0 unspecified atom stereocenters. The molecule has 1 aromatic rings. The fourth-order valence-corrected chi connectivity index (χ4v) is 4.47. The van der Waals surface area contributed by atoms with E-state index in [0.29, 0.717) is 5.92 Å². The highest BCUT2D eigenvalue weighted by atomic mass is 32.2. The molecule has 6 nitrogen and oxygen atoms in total. The van der Waals surface area contributed by atoms with Gasteiger partial charge in [-0.25, -0.2) is 8.42 Å². The fraction of sp³-hybridized carbons (Fsp3) is 0.500. The van der Waals surface area contributed by atoms with Gasteiger partial charge in [-0.1, -0.05) is 19.3 Å². The van der Waals surface area contributed by atoms with E-state index in [9.17, 15) is 18.0 Å². The number of nitrogens with one attached hydrogen (secondary N) is 2. The lowest BCUT2D eigenvalue weighted by Gasteiger charge is -2.21. The van der Waals surface area contributed by atoms with E-state index in [4.69, 9.17) is 0 Å². The van der Waals surface area contributed by atoms with Gasteiger partial charge in [0.05, 0.1) is 11.8 Å². The van der Waals surface area contributed by atoms with Crippen LogP contribution in [0.3, 0.4) is 0 Å². The van der Waals surface area contributed by atoms with Crippen LogP contribution >= 0.6 is 0 Å². The Kier molecular flexibility index (Phi) is 4.39. The van der Waals surface area contributed by atoms with E-state index in [1.807, 2.05) is 0 Å². The number of hydrogen-bond acceptors (Lipinski definition) is 4. The number of carbonyl (C=O) groups excluding carboxylic acids is 1. The number of hydrogen-bond donors (Lipinski definition) is 2. The van der Waals surface area contributed by atoms with Crippen molar-refractivity contribution in [3.05, 3.63) is 45.2 Å². The van der Waals surface area contributed by atoms with Crippen molar-refractivity contribution in [2.24, 2.45) is 0 Å². The average Bonchev–Trinajstić information content (AvgIpc) is 2.86. The molecular formula is C16H20N2O4S. The van der Waals surface area contributed by atoms with Crippen molar-refractivity contribution in [3.8, 4) is 0 Å². The number of aromatic nitrogens is 1. The molecule has 2 aliphatic rings. The quantitative estimate of drug-likeness (QED) is 0.873. The number of aromatic amines is 1. The normalized spacial score (nSPS) is 23.7. The maximum Gasteiger partial charge on any atom is 0.261 e. The van der Waals surface area contributed by atoms with Gasteiger partial charge in [0.15, 0.2) is 9.84 Å². The summed E-state index contributed by atoms with van der Waals surface area (Å²) < 4.78 is 22.7. The molecule has 0 radical (unpaired) electrons. The van der Waals surface area contributed by atoms with Crippen LogP contribution in [0.25, 0.3) is 0 Å². The molecule has 2 heterocycles. The summed E-state index contributed by atoms with van der Waals surface area (Å²) in [5.74, 6) is -0.346. The lowest BCUT2D eigenvalue weighted by Crippen LogP contribution is -2.38. The van der Waals surface area contributed by atoms with E-state index in [1.54, 1.807) is 6.07 Å². The minimum atomic E-state index is -3.24. The van der Waals surface area contributed by atoms with Crippen LogP contribution in [0.15, 0.2) is 28.4 Å². The van der Waals surface area contributed by atoms with E-state index in [-0.39, 0.29) is 11.3 Å². The Morgan fingerprint density at radius 3 is 2.52 bits per heavy atom. The first-order valence-electron chi connectivity index (χ1n) is 7.90.